The molecule has 0 spiro atoms. The Hall–Kier alpha value is -2.06. The number of carbonyl (C=O) groups excluding carboxylic acids is 1. The largest absolute Gasteiger partial charge is 0.508 e. The minimum absolute atomic E-state index is 0.0233. The molecule has 1 aromatic carbocycles. The van der Waals surface area contributed by atoms with Gasteiger partial charge in [0.15, 0.2) is 0 Å². The summed E-state index contributed by atoms with van der Waals surface area (Å²) in [5, 5.41) is 14.2. The van der Waals surface area contributed by atoms with Crippen molar-refractivity contribution < 1.29 is 23.1 Å². The number of hydrogen-bond acceptors (Lipinski definition) is 4. The molecule has 3 rings (SSSR count). The highest BCUT2D eigenvalue weighted by Gasteiger charge is 2.67. The van der Waals surface area contributed by atoms with Crippen LogP contribution in [-0.2, 0) is 11.2 Å². The third-order valence-corrected chi connectivity index (χ3v) is 7.33. The normalized spacial score (nSPS) is 17.4. The predicted molar refractivity (Wildman–Crippen MR) is 116 cm³/mol. The van der Waals surface area contributed by atoms with Gasteiger partial charge in [0.25, 0.3) is 0 Å². The first-order valence-electron chi connectivity index (χ1n) is 10.4. The van der Waals surface area contributed by atoms with Gasteiger partial charge in [-0.3, -0.25) is 4.79 Å². The molecule has 2 N–H and O–H groups in total. The van der Waals surface area contributed by atoms with Crippen LogP contribution in [0.2, 0.25) is 0 Å². The van der Waals surface area contributed by atoms with E-state index in [0.29, 0.717) is 17.8 Å². The lowest BCUT2D eigenvalue weighted by atomic mass is 9.84. The van der Waals surface area contributed by atoms with Gasteiger partial charge in [-0.1, -0.05) is 12.1 Å². The number of thiophene rings is 1. The number of likely N-dealkylation sites (N-methyl/N-ethyl adjacent to an activating group) is 1. The standard InChI is InChI=1S/C23H29F3N2O2S/c1-15-11-18(29)7-6-16(15)12-17(28(2)3)14-27-21(30)13-19(20-5-4-10-31-20)22(8-9-22)23(24,25)26/h4-7,10-11,17,19,29H,8-9,12-14H2,1-3H3,(H,27,30)/t17-,19+/m0/s1. The van der Waals surface area contributed by atoms with E-state index in [1.807, 2.05) is 32.0 Å². The van der Waals surface area contributed by atoms with E-state index in [1.54, 1.807) is 29.6 Å². The number of hydrogen-bond donors (Lipinski definition) is 2. The molecule has 0 saturated heterocycles. The number of carbonyl (C=O) groups is 1. The van der Waals surface area contributed by atoms with Crippen LogP contribution in [-0.4, -0.2) is 48.8 Å². The molecule has 1 heterocycles. The maximum absolute atomic E-state index is 13.8. The molecular weight excluding hydrogens is 425 g/mol. The maximum Gasteiger partial charge on any atom is 0.395 e. The van der Waals surface area contributed by atoms with Gasteiger partial charge < -0.3 is 15.3 Å². The van der Waals surface area contributed by atoms with Crippen LogP contribution in [0.5, 0.6) is 5.75 Å². The molecule has 2 atom stereocenters. The number of halogens is 3. The number of benzene rings is 1. The predicted octanol–water partition coefficient (Wildman–Crippen LogP) is 4.87. The van der Waals surface area contributed by atoms with E-state index in [2.05, 4.69) is 5.32 Å². The van der Waals surface area contributed by atoms with Crippen molar-refractivity contribution in [2.24, 2.45) is 5.41 Å². The van der Waals surface area contributed by atoms with Crippen molar-refractivity contribution in [3.8, 4) is 5.75 Å². The second-order valence-electron chi connectivity index (χ2n) is 8.66. The average Bonchev–Trinajstić information content (AvgIpc) is 3.32. The number of alkyl halides is 3. The fourth-order valence-corrected chi connectivity index (χ4v) is 5.06. The van der Waals surface area contributed by atoms with Crippen LogP contribution < -0.4 is 5.32 Å². The number of phenols is 1. The van der Waals surface area contributed by atoms with E-state index in [-0.39, 0.29) is 37.0 Å². The number of nitrogens with one attached hydrogen (secondary N) is 1. The van der Waals surface area contributed by atoms with Gasteiger partial charge in [0, 0.05) is 29.8 Å². The highest BCUT2D eigenvalue weighted by molar-refractivity contribution is 7.10. The van der Waals surface area contributed by atoms with Crippen molar-refractivity contribution in [2.45, 2.75) is 50.7 Å². The summed E-state index contributed by atoms with van der Waals surface area (Å²) in [5.74, 6) is -0.998. The molecular formula is C23H29F3N2O2S. The van der Waals surface area contributed by atoms with Crippen LogP contribution in [0, 0.1) is 12.3 Å². The van der Waals surface area contributed by atoms with Gasteiger partial charge in [-0.15, -0.1) is 11.3 Å². The van der Waals surface area contributed by atoms with Crippen molar-refractivity contribution >= 4 is 17.2 Å². The van der Waals surface area contributed by atoms with Crippen molar-refractivity contribution in [2.75, 3.05) is 20.6 Å². The molecule has 1 amide bonds. The maximum atomic E-state index is 13.8. The Morgan fingerprint density at radius 2 is 2.00 bits per heavy atom. The van der Waals surface area contributed by atoms with Crippen molar-refractivity contribution in [1.29, 1.82) is 0 Å². The third kappa shape index (κ3) is 5.41. The van der Waals surface area contributed by atoms with Crippen LogP contribution in [0.4, 0.5) is 13.2 Å². The summed E-state index contributed by atoms with van der Waals surface area (Å²) < 4.78 is 41.3. The van der Waals surface area contributed by atoms with Crippen LogP contribution in [0.1, 0.15) is 41.2 Å². The van der Waals surface area contributed by atoms with Gasteiger partial charge in [-0.05, 0) is 75.0 Å². The highest BCUT2D eigenvalue weighted by Crippen LogP contribution is 2.66. The minimum Gasteiger partial charge on any atom is -0.508 e. The van der Waals surface area contributed by atoms with E-state index in [9.17, 15) is 23.1 Å². The topological polar surface area (TPSA) is 52.6 Å². The number of aromatic hydroxyl groups is 1. The first-order chi connectivity index (χ1) is 14.5. The summed E-state index contributed by atoms with van der Waals surface area (Å²) in [4.78, 5) is 15.3. The summed E-state index contributed by atoms with van der Waals surface area (Å²) in [6.07, 6.45) is -3.68. The molecule has 1 saturated carbocycles. The molecule has 1 aliphatic rings. The van der Waals surface area contributed by atoms with E-state index in [1.165, 1.54) is 11.3 Å². The van der Waals surface area contributed by atoms with Crippen LogP contribution in [0.25, 0.3) is 0 Å². The third-order valence-electron chi connectivity index (χ3n) is 6.34. The quantitative estimate of drug-likeness (QED) is 0.569. The van der Waals surface area contributed by atoms with E-state index >= 15 is 0 Å². The SMILES string of the molecule is Cc1cc(O)ccc1C[C@@H](CNC(=O)C[C@H](c1cccs1)C1(C(F)(F)F)CC1)N(C)C. The van der Waals surface area contributed by atoms with Crippen molar-refractivity contribution in [1.82, 2.24) is 10.2 Å². The van der Waals surface area contributed by atoms with Crippen LogP contribution >= 0.6 is 11.3 Å². The molecule has 170 valence electrons. The molecule has 0 bridgehead atoms. The average molecular weight is 455 g/mol. The molecule has 0 radical (unpaired) electrons. The Morgan fingerprint density at radius 3 is 2.52 bits per heavy atom. The summed E-state index contributed by atoms with van der Waals surface area (Å²) in [6.45, 7) is 2.25. The molecule has 8 heteroatoms. The fraction of sp³-hybridized carbons (Fsp3) is 0.522. The zero-order valence-corrected chi connectivity index (χ0v) is 18.8. The summed E-state index contributed by atoms with van der Waals surface area (Å²) in [5.41, 5.74) is 0.229. The Kier molecular flexibility index (Phi) is 7.01. The summed E-state index contributed by atoms with van der Waals surface area (Å²) in [7, 11) is 3.81. The van der Waals surface area contributed by atoms with E-state index in [0.717, 1.165) is 11.1 Å². The fourth-order valence-electron chi connectivity index (χ4n) is 4.11. The lowest BCUT2D eigenvalue weighted by Gasteiger charge is -2.29. The molecule has 0 unspecified atom stereocenters. The monoisotopic (exact) mass is 454 g/mol. The molecule has 1 aromatic heterocycles. The first-order valence-corrected chi connectivity index (χ1v) is 11.2. The van der Waals surface area contributed by atoms with Crippen LogP contribution in [0.15, 0.2) is 35.7 Å². The zero-order chi connectivity index (χ0) is 22.8. The number of rotatable bonds is 9. The number of phenolic OH excluding ortho intramolecular Hbond substituents is 1. The minimum atomic E-state index is -4.31. The van der Waals surface area contributed by atoms with Crippen molar-refractivity contribution in [3.05, 3.63) is 51.7 Å². The van der Waals surface area contributed by atoms with Crippen molar-refractivity contribution in [3.63, 3.8) is 0 Å². The number of amides is 1. The lowest BCUT2D eigenvalue weighted by Crippen LogP contribution is -2.42. The van der Waals surface area contributed by atoms with E-state index in [4.69, 9.17) is 0 Å². The summed E-state index contributed by atoms with van der Waals surface area (Å²) >= 11 is 1.28. The lowest BCUT2D eigenvalue weighted by molar-refractivity contribution is -0.194. The first kappa shape index (κ1) is 23.6. The molecule has 2 aromatic rings. The second kappa shape index (κ2) is 9.20. The van der Waals surface area contributed by atoms with Gasteiger partial charge in [-0.2, -0.15) is 13.2 Å². The van der Waals surface area contributed by atoms with Gasteiger partial charge in [-0.25, -0.2) is 0 Å². The number of aryl methyl sites for hydroxylation is 1. The molecule has 0 aliphatic heterocycles. The molecule has 31 heavy (non-hydrogen) atoms. The Balaban J connectivity index is 1.66. The Labute approximate surface area is 185 Å². The number of nitrogens with zero attached hydrogens (tertiary/aromatic N) is 1. The van der Waals surface area contributed by atoms with Gasteiger partial charge in [0.2, 0.25) is 5.91 Å². The Morgan fingerprint density at radius 1 is 1.29 bits per heavy atom. The van der Waals surface area contributed by atoms with Gasteiger partial charge in [0.1, 0.15) is 5.75 Å². The molecule has 4 nitrogen and oxygen atoms in total. The summed E-state index contributed by atoms with van der Waals surface area (Å²) in [6, 6.07) is 8.59. The molecule has 1 aliphatic carbocycles. The smallest absolute Gasteiger partial charge is 0.395 e. The molecule has 1 fully saturated rings. The second-order valence-corrected chi connectivity index (χ2v) is 9.64. The van der Waals surface area contributed by atoms with Crippen LogP contribution in [0.3, 0.4) is 0 Å². The Bertz CT molecular complexity index is 893. The van der Waals surface area contributed by atoms with Gasteiger partial charge in [0.05, 0.1) is 5.41 Å². The van der Waals surface area contributed by atoms with Gasteiger partial charge >= 0.3 is 6.18 Å². The van der Waals surface area contributed by atoms with E-state index < -0.39 is 17.5 Å². The zero-order valence-electron chi connectivity index (χ0n) is 18.0. The highest BCUT2D eigenvalue weighted by atomic mass is 32.1.